The van der Waals surface area contributed by atoms with Crippen LogP contribution in [-0.2, 0) is 0 Å². The van der Waals surface area contributed by atoms with Crippen LogP contribution in [0.15, 0.2) is 42.7 Å². The Labute approximate surface area is 95.5 Å². The van der Waals surface area contributed by atoms with Gasteiger partial charge >= 0.3 is 0 Å². The quantitative estimate of drug-likeness (QED) is 0.834. The number of hydrogen-bond acceptors (Lipinski definition) is 3. The fourth-order valence-corrected chi connectivity index (χ4v) is 1.61. The number of aryl methyl sites for hydroxylation is 1. The molecule has 0 bridgehead atoms. The Balaban J connectivity index is 2.35. The van der Waals surface area contributed by atoms with Crippen LogP contribution in [0, 0.1) is 6.92 Å². The second kappa shape index (κ2) is 4.23. The first-order chi connectivity index (χ1) is 7.68. The van der Waals surface area contributed by atoms with Crippen molar-refractivity contribution in [1.82, 2.24) is 4.98 Å². The van der Waals surface area contributed by atoms with Crippen LogP contribution in [0.2, 0.25) is 0 Å². The molecule has 0 saturated heterocycles. The first-order valence-electron chi connectivity index (χ1n) is 5.18. The molecule has 2 rings (SSSR count). The zero-order valence-corrected chi connectivity index (χ0v) is 9.51. The van der Waals surface area contributed by atoms with E-state index in [1.165, 1.54) is 5.56 Å². The van der Waals surface area contributed by atoms with E-state index in [2.05, 4.69) is 41.1 Å². The van der Waals surface area contributed by atoms with E-state index in [4.69, 9.17) is 5.73 Å². The molecule has 0 atom stereocenters. The number of nitrogens with two attached hydrogens (primary N) is 1. The van der Waals surface area contributed by atoms with Crippen molar-refractivity contribution in [2.24, 2.45) is 0 Å². The van der Waals surface area contributed by atoms with Gasteiger partial charge in [0, 0.05) is 18.9 Å². The predicted octanol–water partition coefficient (Wildman–Crippen LogP) is 2.74. The van der Waals surface area contributed by atoms with Gasteiger partial charge in [0.15, 0.2) is 0 Å². The molecule has 0 radical (unpaired) electrons. The Kier molecular flexibility index (Phi) is 2.77. The van der Waals surface area contributed by atoms with Crippen LogP contribution in [0.5, 0.6) is 0 Å². The smallest absolute Gasteiger partial charge is 0.0741 e. The van der Waals surface area contributed by atoms with Gasteiger partial charge in [-0.05, 0) is 25.1 Å². The van der Waals surface area contributed by atoms with E-state index in [1.807, 2.05) is 13.1 Å². The summed E-state index contributed by atoms with van der Waals surface area (Å²) in [5.41, 5.74) is 9.91. The Morgan fingerprint density at radius 1 is 1.12 bits per heavy atom. The zero-order chi connectivity index (χ0) is 11.5. The topological polar surface area (TPSA) is 42.2 Å². The highest BCUT2D eigenvalue weighted by atomic mass is 15.1. The lowest BCUT2D eigenvalue weighted by atomic mass is 10.2. The molecular formula is C13H15N3. The Morgan fingerprint density at radius 2 is 1.81 bits per heavy atom. The van der Waals surface area contributed by atoms with Gasteiger partial charge < -0.3 is 10.6 Å². The monoisotopic (exact) mass is 213 g/mol. The number of anilines is 3. The van der Waals surface area contributed by atoms with Crippen LogP contribution in [0.3, 0.4) is 0 Å². The average molecular weight is 213 g/mol. The molecule has 0 aliphatic rings. The van der Waals surface area contributed by atoms with E-state index in [1.54, 1.807) is 12.4 Å². The standard InChI is InChI=1S/C13H15N3/c1-10-3-5-11(6-4-10)16(2)13-7-8-15-9-12(13)14/h3-9H,14H2,1-2H3. The zero-order valence-electron chi connectivity index (χ0n) is 9.51. The lowest BCUT2D eigenvalue weighted by molar-refractivity contribution is 1.19. The number of aromatic nitrogens is 1. The fraction of sp³-hybridized carbons (Fsp3) is 0.154. The van der Waals surface area contributed by atoms with Crippen molar-refractivity contribution in [3.63, 3.8) is 0 Å². The van der Waals surface area contributed by atoms with Gasteiger partial charge in [-0.3, -0.25) is 4.98 Å². The average Bonchev–Trinajstić information content (AvgIpc) is 2.30. The highest BCUT2D eigenvalue weighted by molar-refractivity contribution is 5.73. The van der Waals surface area contributed by atoms with Crippen molar-refractivity contribution in [2.45, 2.75) is 6.92 Å². The van der Waals surface area contributed by atoms with Crippen LogP contribution in [-0.4, -0.2) is 12.0 Å². The molecule has 0 spiro atoms. The molecule has 16 heavy (non-hydrogen) atoms. The third-order valence-electron chi connectivity index (χ3n) is 2.61. The predicted molar refractivity (Wildman–Crippen MR) is 67.9 cm³/mol. The summed E-state index contributed by atoms with van der Waals surface area (Å²) in [7, 11) is 2.00. The maximum atomic E-state index is 5.88. The van der Waals surface area contributed by atoms with Gasteiger partial charge in [-0.25, -0.2) is 0 Å². The van der Waals surface area contributed by atoms with Crippen LogP contribution in [0.25, 0.3) is 0 Å². The van der Waals surface area contributed by atoms with Crippen molar-refractivity contribution in [3.8, 4) is 0 Å². The van der Waals surface area contributed by atoms with Gasteiger partial charge in [0.25, 0.3) is 0 Å². The number of rotatable bonds is 2. The van der Waals surface area contributed by atoms with Crippen LogP contribution in [0.4, 0.5) is 17.1 Å². The molecule has 0 aliphatic carbocycles. The second-order valence-corrected chi connectivity index (χ2v) is 3.83. The Hall–Kier alpha value is -2.03. The summed E-state index contributed by atoms with van der Waals surface area (Å²) in [6.07, 6.45) is 3.41. The molecule has 0 amide bonds. The number of nitrogen functional groups attached to an aromatic ring is 1. The lowest BCUT2D eigenvalue weighted by Crippen LogP contribution is -2.11. The summed E-state index contributed by atoms with van der Waals surface area (Å²) >= 11 is 0. The van der Waals surface area contributed by atoms with Crippen molar-refractivity contribution in [2.75, 3.05) is 17.7 Å². The summed E-state index contributed by atoms with van der Waals surface area (Å²) < 4.78 is 0. The summed E-state index contributed by atoms with van der Waals surface area (Å²) in [5.74, 6) is 0. The molecule has 82 valence electrons. The van der Waals surface area contributed by atoms with E-state index in [-0.39, 0.29) is 0 Å². The van der Waals surface area contributed by atoms with E-state index < -0.39 is 0 Å². The largest absolute Gasteiger partial charge is 0.396 e. The second-order valence-electron chi connectivity index (χ2n) is 3.83. The third kappa shape index (κ3) is 1.98. The Morgan fingerprint density at radius 3 is 2.44 bits per heavy atom. The van der Waals surface area contributed by atoms with Gasteiger partial charge in [0.05, 0.1) is 17.6 Å². The first-order valence-corrected chi connectivity index (χ1v) is 5.18. The third-order valence-corrected chi connectivity index (χ3v) is 2.61. The highest BCUT2D eigenvalue weighted by Crippen LogP contribution is 2.27. The van der Waals surface area contributed by atoms with Crippen molar-refractivity contribution in [3.05, 3.63) is 48.3 Å². The van der Waals surface area contributed by atoms with Crippen LogP contribution >= 0.6 is 0 Å². The highest BCUT2D eigenvalue weighted by Gasteiger charge is 2.06. The van der Waals surface area contributed by atoms with Crippen LogP contribution < -0.4 is 10.6 Å². The normalized spacial score (nSPS) is 10.1. The summed E-state index contributed by atoms with van der Waals surface area (Å²) in [4.78, 5) is 6.04. The lowest BCUT2D eigenvalue weighted by Gasteiger charge is -2.20. The molecule has 0 fully saturated rings. The maximum Gasteiger partial charge on any atom is 0.0741 e. The molecular weight excluding hydrogens is 198 g/mol. The first kappa shape index (κ1) is 10.5. The molecule has 1 aromatic heterocycles. The van der Waals surface area contributed by atoms with E-state index in [0.717, 1.165) is 11.4 Å². The molecule has 2 aromatic rings. The fourth-order valence-electron chi connectivity index (χ4n) is 1.61. The summed E-state index contributed by atoms with van der Waals surface area (Å²) in [6.45, 7) is 2.07. The van der Waals surface area contributed by atoms with Gasteiger partial charge in [0.1, 0.15) is 0 Å². The van der Waals surface area contributed by atoms with E-state index in [9.17, 15) is 0 Å². The SMILES string of the molecule is Cc1ccc(N(C)c2ccncc2N)cc1. The minimum Gasteiger partial charge on any atom is -0.396 e. The summed E-state index contributed by atoms with van der Waals surface area (Å²) in [6, 6.07) is 10.2. The number of nitrogens with zero attached hydrogens (tertiary/aromatic N) is 2. The summed E-state index contributed by atoms with van der Waals surface area (Å²) in [5, 5.41) is 0. The molecule has 1 aromatic carbocycles. The van der Waals surface area contributed by atoms with E-state index in [0.29, 0.717) is 5.69 Å². The Bertz CT molecular complexity index is 477. The minimum absolute atomic E-state index is 0.686. The molecule has 3 nitrogen and oxygen atoms in total. The van der Waals surface area contributed by atoms with Gasteiger partial charge in [-0.15, -0.1) is 0 Å². The maximum absolute atomic E-state index is 5.88. The van der Waals surface area contributed by atoms with E-state index >= 15 is 0 Å². The van der Waals surface area contributed by atoms with Gasteiger partial charge in [-0.1, -0.05) is 17.7 Å². The van der Waals surface area contributed by atoms with Gasteiger partial charge in [-0.2, -0.15) is 0 Å². The number of pyridine rings is 1. The van der Waals surface area contributed by atoms with Crippen LogP contribution in [0.1, 0.15) is 5.56 Å². The molecule has 0 unspecified atom stereocenters. The molecule has 1 heterocycles. The van der Waals surface area contributed by atoms with Crippen molar-refractivity contribution < 1.29 is 0 Å². The molecule has 3 heteroatoms. The molecule has 0 saturated carbocycles. The van der Waals surface area contributed by atoms with Gasteiger partial charge in [0.2, 0.25) is 0 Å². The number of hydrogen-bond donors (Lipinski definition) is 1. The van der Waals surface area contributed by atoms with Crippen molar-refractivity contribution >= 4 is 17.1 Å². The van der Waals surface area contributed by atoms with Crippen molar-refractivity contribution in [1.29, 1.82) is 0 Å². The molecule has 0 aliphatic heterocycles. The molecule has 2 N–H and O–H groups in total. The number of benzene rings is 1. The minimum atomic E-state index is 0.686.